The van der Waals surface area contributed by atoms with Crippen LogP contribution in [0.1, 0.15) is 63.0 Å². The molecule has 0 bridgehead atoms. The zero-order valence-electron chi connectivity index (χ0n) is 17.4. The van der Waals surface area contributed by atoms with E-state index in [1.807, 2.05) is 34.9 Å². The Hall–Kier alpha value is -2.40. The summed E-state index contributed by atoms with van der Waals surface area (Å²) in [7, 11) is 0. The summed E-state index contributed by atoms with van der Waals surface area (Å²) in [5.74, 6) is -0.142. The van der Waals surface area contributed by atoms with E-state index >= 15 is 0 Å². The van der Waals surface area contributed by atoms with Crippen molar-refractivity contribution in [3.8, 4) is 0 Å². The normalized spacial score (nSPS) is 21.0. The van der Waals surface area contributed by atoms with Crippen molar-refractivity contribution in [3.05, 3.63) is 70.4 Å². The molecule has 158 valence electrons. The van der Waals surface area contributed by atoms with Gasteiger partial charge in [-0.05, 0) is 55.5 Å². The van der Waals surface area contributed by atoms with Crippen LogP contribution in [-0.2, 0) is 5.54 Å². The summed E-state index contributed by atoms with van der Waals surface area (Å²) in [6.07, 6.45) is 8.98. The average molecular weight is 408 g/mol. The van der Waals surface area contributed by atoms with Crippen LogP contribution in [0.4, 0.5) is 4.39 Å². The second-order valence-electron chi connectivity index (χ2n) is 8.99. The fourth-order valence-electron chi connectivity index (χ4n) is 5.87. The van der Waals surface area contributed by atoms with Gasteiger partial charge in [0.1, 0.15) is 5.82 Å². The number of aromatic amines is 1. The van der Waals surface area contributed by atoms with Crippen LogP contribution in [0.25, 0.3) is 11.0 Å². The maximum absolute atomic E-state index is 14.1. The number of nitrogens with zero attached hydrogens (tertiary/aromatic N) is 2. The van der Waals surface area contributed by atoms with Crippen LogP contribution in [0.15, 0.2) is 53.3 Å². The minimum atomic E-state index is -0.142. The molecule has 1 N–H and O–H groups in total. The predicted octanol–water partition coefficient (Wildman–Crippen LogP) is 5.36. The fraction of sp³-hybridized carbons (Fsp3) is 0.480. The van der Waals surface area contributed by atoms with Gasteiger partial charge >= 0.3 is 5.69 Å². The molecule has 2 fully saturated rings. The van der Waals surface area contributed by atoms with Crippen molar-refractivity contribution < 1.29 is 4.39 Å². The standard InChI is InChI=1S/C25H30FN3O/c26-20-9-7-8-19(18-20)25(14-5-1-2-6-15-25)28-16-12-21(13-17-28)29-23-11-4-3-10-22(23)27-24(29)30/h3-4,7-11,18,21H,1-2,5-6,12-17H2,(H,27,30). The lowest BCUT2D eigenvalue weighted by Crippen LogP contribution is -2.50. The summed E-state index contributed by atoms with van der Waals surface area (Å²) in [5.41, 5.74) is 2.95. The molecule has 5 heteroatoms. The van der Waals surface area contributed by atoms with Gasteiger partial charge in [-0.15, -0.1) is 0 Å². The lowest BCUT2D eigenvalue weighted by Gasteiger charge is -2.47. The number of hydrogen-bond acceptors (Lipinski definition) is 2. The van der Waals surface area contributed by atoms with Crippen LogP contribution < -0.4 is 5.69 Å². The van der Waals surface area contributed by atoms with E-state index in [-0.39, 0.29) is 23.1 Å². The highest BCUT2D eigenvalue weighted by Crippen LogP contribution is 2.43. The van der Waals surface area contributed by atoms with Crippen molar-refractivity contribution in [2.45, 2.75) is 62.9 Å². The van der Waals surface area contributed by atoms with Crippen molar-refractivity contribution in [2.24, 2.45) is 0 Å². The van der Waals surface area contributed by atoms with Gasteiger partial charge in [-0.1, -0.05) is 49.9 Å². The molecule has 0 atom stereocenters. The molecule has 0 unspecified atom stereocenters. The number of piperidine rings is 1. The highest BCUT2D eigenvalue weighted by molar-refractivity contribution is 5.75. The van der Waals surface area contributed by atoms with Gasteiger partial charge in [0.25, 0.3) is 0 Å². The first kappa shape index (κ1) is 19.6. The van der Waals surface area contributed by atoms with E-state index < -0.39 is 0 Å². The van der Waals surface area contributed by atoms with Crippen LogP contribution in [0.3, 0.4) is 0 Å². The Morgan fingerprint density at radius 3 is 2.40 bits per heavy atom. The van der Waals surface area contributed by atoms with E-state index in [1.165, 1.54) is 25.7 Å². The van der Waals surface area contributed by atoms with Gasteiger partial charge in [0.15, 0.2) is 0 Å². The van der Waals surface area contributed by atoms with Gasteiger partial charge in [-0.25, -0.2) is 9.18 Å². The molecule has 0 radical (unpaired) electrons. The SMILES string of the molecule is O=c1[nH]c2ccccc2n1C1CCN(C2(c3cccc(F)c3)CCCCCC2)CC1. The van der Waals surface area contributed by atoms with Crippen LogP contribution >= 0.6 is 0 Å². The van der Waals surface area contributed by atoms with Gasteiger partial charge in [0.05, 0.1) is 11.0 Å². The van der Waals surface area contributed by atoms with Gasteiger partial charge < -0.3 is 4.98 Å². The summed E-state index contributed by atoms with van der Waals surface area (Å²) >= 11 is 0. The quantitative estimate of drug-likeness (QED) is 0.594. The molecular formula is C25H30FN3O. The fourth-order valence-corrected chi connectivity index (χ4v) is 5.87. The first-order valence-corrected chi connectivity index (χ1v) is 11.4. The van der Waals surface area contributed by atoms with E-state index in [9.17, 15) is 9.18 Å². The largest absolute Gasteiger partial charge is 0.326 e. The molecule has 4 nitrogen and oxygen atoms in total. The lowest BCUT2D eigenvalue weighted by atomic mass is 9.79. The highest BCUT2D eigenvalue weighted by atomic mass is 19.1. The second-order valence-corrected chi connectivity index (χ2v) is 8.99. The average Bonchev–Trinajstić information content (AvgIpc) is 2.93. The Morgan fingerprint density at radius 1 is 0.933 bits per heavy atom. The third kappa shape index (κ3) is 3.39. The van der Waals surface area contributed by atoms with Crippen molar-refractivity contribution in [1.29, 1.82) is 0 Å². The van der Waals surface area contributed by atoms with E-state index in [0.717, 1.165) is 55.4 Å². The van der Waals surface area contributed by atoms with Gasteiger partial charge in [-0.3, -0.25) is 9.47 Å². The zero-order valence-corrected chi connectivity index (χ0v) is 17.4. The monoisotopic (exact) mass is 407 g/mol. The second kappa shape index (κ2) is 8.03. The molecule has 30 heavy (non-hydrogen) atoms. The molecule has 1 aliphatic heterocycles. The van der Waals surface area contributed by atoms with Gasteiger partial charge in [0, 0.05) is 24.7 Å². The number of likely N-dealkylation sites (tertiary alicyclic amines) is 1. The number of imidazole rings is 1. The van der Waals surface area contributed by atoms with Crippen molar-refractivity contribution >= 4 is 11.0 Å². The molecule has 2 heterocycles. The Bertz CT molecular complexity index is 1070. The van der Waals surface area contributed by atoms with E-state index in [2.05, 4.69) is 16.0 Å². The van der Waals surface area contributed by atoms with Crippen LogP contribution in [0.2, 0.25) is 0 Å². The summed E-state index contributed by atoms with van der Waals surface area (Å²) in [6, 6.07) is 15.4. The van der Waals surface area contributed by atoms with Crippen LogP contribution in [-0.4, -0.2) is 27.5 Å². The molecule has 3 aromatic rings. The number of H-pyrrole nitrogens is 1. The van der Waals surface area contributed by atoms with E-state index in [1.54, 1.807) is 12.1 Å². The Balaban J connectivity index is 1.43. The third-order valence-corrected chi connectivity index (χ3v) is 7.35. The molecule has 5 rings (SSSR count). The van der Waals surface area contributed by atoms with E-state index in [0.29, 0.717) is 0 Å². The summed E-state index contributed by atoms with van der Waals surface area (Å²) in [6.45, 7) is 1.88. The van der Waals surface area contributed by atoms with Crippen LogP contribution in [0, 0.1) is 5.82 Å². The Kier molecular flexibility index (Phi) is 5.23. The first-order chi connectivity index (χ1) is 14.7. The first-order valence-electron chi connectivity index (χ1n) is 11.4. The molecule has 0 amide bonds. The number of fused-ring (bicyclic) bond motifs is 1. The van der Waals surface area contributed by atoms with Gasteiger partial charge in [0.2, 0.25) is 0 Å². The predicted molar refractivity (Wildman–Crippen MR) is 118 cm³/mol. The van der Waals surface area contributed by atoms with E-state index in [4.69, 9.17) is 0 Å². The minimum Gasteiger partial charge on any atom is -0.306 e. The zero-order chi connectivity index (χ0) is 20.6. The molecule has 2 aliphatic rings. The van der Waals surface area contributed by atoms with Crippen molar-refractivity contribution in [1.82, 2.24) is 14.5 Å². The molecule has 1 aromatic heterocycles. The molecule has 1 saturated carbocycles. The Morgan fingerprint density at radius 2 is 1.67 bits per heavy atom. The highest BCUT2D eigenvalue weighted by Gasteiger charge is 2.40. The molecular weight excluding hydrogens is 377 g/mol. The lowest BCUT2D eigenvalue weighted by molar-refractivity contribution is 0.0353. The Labute approximate surface area is 176 Å². The number of hydrogen-bond donors (Lipinski definition) is 1. The third-order valence-electron chi connectivity index (χ3n) is 7.35. The maximum atomic E-state index is 14.1. The topological polar surface area (TPSA) is 41.0 Å². The minimum absolute atomic E-state index is 0.0102. The van der Waals surface area contributed by atoms with Gasteiger partial charge in [-0.2, -0.15) is 0 Å². The number of halogens is 1. The molecule has 1 aliphatic carbocycles. The summed E-state index contributed by atoms with van der Waals surface area (Å²) < 4.78 is 16.1. The van der Waals surface area contributed by atoms with Crippen LogP contribution in [0.5, 0.6) is 0 Å². The number of aromatic nitrogens is 2. The number of benzene rings is 2. The molecule has 2 aromatic carbocycles. The maximum Gasteiger partial charge on any atom is 0.326 e. The number of para-hydroxylation sites is 2. The summed E-state index contributed by atoms with van der Waals surface area (Å²) in [5, 5.41) is 0. The molecule has 1 saturated heterocycles. The summed E-state index contributed by atoms with van der Waals surface area (Å²) in [4.78, 5) is 18.2. The van der Waals surface area contributed by atoms with Crippen molar-refractivity contribution in [3.63, 3.8) is 0 Å². The number of nitrogens with one attached hydrogen (secondary N) is 1. The van der Waals surface area contributed by atoms with Crippen molar-refractivity contribution in [2.75, 3.05) is 13.1 Å². The smallest absolute Gasteiger partial charge is 0.306 e. The molecule has 0 spiro atoms. The number of rotatable bonds is 3.